The Balaban J connectivity index is 2.32. The Morgan fingerprint density at radius 3 is 3.18 bits per heavy atom. The van der Waals surface area contributed by atoms with Gasteiger partial charge in [-0.2, -0.15) is 0 Å². The van der Waals surface area contributed by atoms with Gasteiger partial charge in [-0.15, -0.1) is 6.42 Å². The van der Waals surface area contributed by atoms with Crippen LogP contribution >= 0.6 is 0 Å². The zero-order valence-corrected chi connectivity index (χ0v) is 9.73. The molecule has 17 heavy (non-hydrogen) atoms. The van der Waals surface area contributed by atoms with E-state index in [9.17, 15) is 4.79 Å². The quantitative estimate of drug-likeness (QED) is 0.574. The van der Waals surface area contributed by atoms with E-state index in [2.05, 4.69) is 5.92 Å². The van der Waals surface area contributed by atoms with Crippen molar-refractivity contribution in [2.45, 2.75) is 19.4 Å². The van der Waals surface area contributed by atoms with Gasteiger partial charge in [0.2, 0.25) is 0 Å². The van der Waals surface area contributed by atoms with E-state index < -0.39 is 6.10 Å². The molecule has 1 atom stereocenters. The molecule has 0 saturated heterocycles. The van der Waals surface area contributed by atoms with E-state index >= 15 is 0 Å². The second-order valence-corrected chi connectivity index (χ2v) is 3.81. The third kappa shape index (κ3) is 2.32. The summed E-state index contributed by atoms with van der Waals surface area (Å²) in [6.07, 6.45) is 5.52. The molecule has 0 spiro atoms. The number of carbonyl (C=O) groups is 1. The lowest BCUT2D eigenvalue weighted by molar-refractivity contribution is -0.158. The molecule has 1 aromatic rings. The molecule has 0 bridgehead atoms. The molecule has 1 unspecified atom stereocenters. The van der Waals surface area contributed by atoms with Crippen molar-refractivity contribution < 1.29 is 14.3 Å². The number of hydrogen-bond acceptors (Lipinski definition) is 3. The predicted molar refractivity (Wildman–Crippen MR) is 63.4 cm³/mol. The van der Waals surface area contributed by atoms with Crippen molar-refractivity contribution in [3.8, 4) is 12.3 Å². The van der Waals surface area contributed by atoms with E-state index in [1.54, 1.807) is 6.92 Å². The molecular weight excluding hydrogens is 216 g/mol. The van der Waals surface area contributed by atoms with Gasteiger partial charge in [0, 0.05) is 5.56 Å². The van der Waals surface area contributed by atoms with E-state index in [1.807, 2.05) is 18.2 Å². The van der Waals surface area contributed by atoms with Gasteiger partial charge < -0.3 is 9.47 Å². The van der Waals surface area contributed by atoms with Crippen LogP contribution in [0.5, 0.6) is 0 Å². The van der Waals surface area contributed by atoms with Gasteiger partial charge in [-0.25, -0.2) is 4.79 Å². The summed E-state index contributed by atoms with van der Waals surface area (Å²) < 4.78 is 10.5. The molecule has 3 nitrogen and oxygen atoms in total. The number of hydrogen-bond donors (Lipinski definition) is 0. The van der Waals surface area contributed by atoms with Gasteiger partial charge in [-0.3, -0.25) is 0 Å². The summed E-state index contributed by atoms with van der Waals surface area (Å²) in [7, 11) is 0. The van der Waals surface area contributed by atoms with Gasteiger partial charge in [-0.1, -0.05) is 12.0 Å². The number of esters is 1. The summed E-state index contributed by atoms with van der Waals surface area (Å²) in [5.41, 5.74) is 2.77. The minimum Gasteiger partial charge on any atom is -0.464 e. The Bertz CT molecular complexity index is 471. The molecule has 1 aliphatic rings. The molecule has 0 fully saturated rings. The van der Waals surface area contributed by atoms with Crippen LogP contribution in [0.25, 0.3) is 0 Å². The van der Waals surface area contributed by atoms with Crippen molar-refractivity contribution in [1.82, 2.24) is 0 Å². The van der Waals surface area contributed by atoms with E-state index in [4.69, 9.17) is 15.9 Å². The SMILES string of the molecule is C#Cc1ccc2c(c1)CCOC2C(=O)OCC. The fourth-order valence-corrected chi connectivity index (χ4v) is 1.96. The van der Waals surface area contributed by atoms with Gasteiger partial charge in [0.05, 0.1) is 13.2 Å². The molecule has 0 aromatic heterocycles. The first-order valence-electron chi connectivity index (χ1n) is 5.64. The number of carbonyl (C=O) groups excluding carboxylic acids is 1. The molecule has 88 valence electrons. The van der Waals surface area contributed by atoms with E-state index in [0.717, 1.165) is 23.1 Å². The standard InChI is InChI=1S/C14H14O3/c1-3-10-5-6-12-11(9-10)7-8-17-13(12)14(15)16-4-2/h1,5-6,9,13H,4,7-8H2,2H3. The second-order valence-electron chi connectivity index (χ2n) is 3.81. The third-order valence-electron chi connectivity index (χ3n) is 2.75. The minimum atomic E-state index is -0.606. The average Bonchev–Trinajstić information content (AvgIpc) is 2.37. The highest BCUT2D eigenvalue weighted by Crippen LogP contribution is 2.28. The second kappa shape index (κ2) is 5.03. The van der Waals surface area contributed by atoms with Crippen LogP contribution in [-0.4, -0.2) is 19.2 Å². The van der Waals surface area contributed by atoms with Crippen LogP contribution in [0.15, 0.2) is 18.2 Å². The highest BCUT2D eigenvalue weighted by molar-refractivity contribution is 5.77. The van der Waals surface area contributed by atoms with Crippen molar-refractivity contribution in [3.63, 3.8) is 0 Å². The first kappa shape index (κ1) is 11.7. The molecule has 1 aromatic carbocycles. The number of rotatable bonds is 2. The maximum absolute atomic E-state index is 11.7. The number of terminal acetylenes is 1. The minimum absolute atomic E-state index is 0.332. The van der Waals surface area contributed by atoms with Crippen LogP contribution in [0, 0.1) is 12.3 Å². The molecule has 0 amide bonds. The maximum atomic E-state index is 11.7. The van der Waals surface area contributed by atoms with Crippen LogP contribution in [0.3, 0.4) is 0 Å². The normalized spacial score (nSPS) is 18.0. The summed E-state index contributed by atoms with van der Waals surface area (Å²) in [5, 5.41) is 0. The third-order valence-corrected chi connectivity index (χ3v) is 2.75. The molecule has 3 heteroatoms. The van der Waals surface area contributed by atoms with Gasteiger partial charge in [0.25, 0.3) is 0 Å². The first-order valence-corrected chi connectivity index (χ1v) is 5.64. The van der Waals surface area contributed by atoms with Crippen LogP contribution in [0.2, 0.25) is 0 Å². The lowest BCUT2D eigenvalue weighted by Crippen LogP contribution is -2.25. The summed E-state index contributed by atoms with van der Waals surface area (Å²) in [4.78, 5) is 11.7. The van der Waals surface area contributed by atoms with E-state index in [-0.39, 0.29) is 5.97 Å². The topological polar surface area (TPSA) is 35.5 Å². The average molecular weight is 230 g/mol. The van der Waals surface area contributed by atoms with Gasteiger partial charge in [0.15, 0.2) is 6.10 Å². The number of benzene rings is 1. The molecule has 0 radical (unpaired) electrons. The summed E-state index contributed by atoms with van der Waals surface area (Å²) in [6.45, 7) is 2.66. The molecule has 0 aliphatic carbocycles. The van der Waals surface area contributed by atoms with Crippen LogP contribution in [0.4, 0.5) is 0 Å². The molecule has 1 aliphatic heterocycles. The Morgan fingerprint density at radius 1 is 1.65 bits per heavy atom. The monoisotopic (exact) mass is 230 g/mol. The zero-order valence-electron chi connectivity index (χ0n) is 9.73. The van der Waals surface area contributed by atoms with Crippen molar-refractivity contribution in [3.05, 3.63) is 34.9 Å². The van der Waals surface area contributed by atoms with Crippen molar-refractivity contribution in [2.75, 3.05) is 13.2 Å². The maximum Gasteiger partial charge on any atom is 0.339 e. The van der Waals surface area contributed by atoms with E-state index in [1.165, 1.54) is 0 Å². The van der Waals surface area contributed by atoms with E-state index in [0.29, 0.717) is 13.2 Å². The molecule has 0 saturated carbocycles. The fraction of sp³-hybridized carbons (Fsp3) is 0.357. The predicted octanol–water partition coefficient (Wildman–Crippen LogP) is 1.84. The lowest BCUT2D eigenvalue weighted by Gasteiger charge is -2.24. The number of fused-ring (bicyclic) bond motifs is 1. The molecule has 1 heterocycles. The smallest absolute Gasteiger partial charge is 0.339 e. The fourth-order valence-electron chi connectivity index (χ4n) is 1.96. The van der Waals surface area contributed by atoms with Gasteiger partial charge in [0.1, 0.15) is 0 Å². The van der Waals surface area contributed by atoms with Gasteiger partial charge >= 0.3 is 5.97 Å². The van der Waals surface area contributed by atoms with Crippen molar-refractivity contribution in [1.29, 1.82) is 0 Å². The molecular formula is C14H14O3. The Kier molecular flexibility index (Phi) is 3.46. The van der Waals surface area contributed by atoms with Crippen molar-refractivity contribution >= 4 is 5.97 Å². The Morgan fingerprint density at radius 2 is 2.47 bits per heavy atom. The largest absolute Gasteiger partial charge is 0.464 e. The van der Waals surface area contributed by atoms with Crippen LogP contribution < -0.4 is 0 Å². The Hall–Kier alpha value is -1.79. The zero-order chi connectivity index (χ0) is 12.3. The molecule has 0 N–H and O–H groups in total. The summed E-state index contributed by atoms with van der Waals surface area (Å²) in [6, 6.07) is 5.61. The number of ether oxygens (including phenoxy) is 2. The van der Waals surface area contributed by atoms with Gasteiger partial charge in [-0.05, 0) is 36.6 Å². The molecule has 2 rings (SSSR count). The highest BCUT2D eigenvalue weighted by atomic mass is 16.6. The summed E-state index contributed by atoms with van der Waals surface area (Å²) >= 11 is 0. The van der Waals surface area contributed by atoms with Crippen molar-refractivity contribution in [2.24, 2.45) is 0 Å². The Labute approximate surface area is 101 Å². The lowest BCUT2D eigenvalue weighted by atomic mass is 9.95. The summed E-state index contributed by atoms with van der Waals surface area (Å²) in [5.74, 6) is 2.26. The first-order chi connectivity index (χ1) is 8.26. The van der Waals surface area contributed by atoms with Crippen LogP contribution in [-0.2, 0) is 20.7 Å². The highest BCUT2D eigenvalue weighted by Gasteiger charge is 2.28. The van der Waals surface area contributed by atoms with Crippen LogP contribution in [0.1, 0.15) is 29.7 Å².